The molecule has 1 saturated heterocycles. The Labute approximate surface area is 173 Å². The second-order valence-electron chi connectivity index (χ2n) is 7.32. The van der Waals surface area contributed by atoms with Crippen molar-refractivity contribution in [3.63, 3.8) is 0 Å². The third-order valence-corrected chi connectivity index (χ3v) is 5.57. The number of anilines is 1. The Morgan fingerprint density at radius 3 is 2.67 bits per heavy atom. The fourth-order valence-electron chi connectivity index (χ4n) is 4.12. The van der Waals surface area contributed by atoms with Crippen LogP contribution < -0.4 is 10.2 Å². The van der Waals surface area contributed by atoms with E-state index in [9.17, 15) is 14.9 Å². The molecule has 156 valence electrons. The van der Waals surface area contributed by atoms with E-state index >= 15 is 0 Å². The number of rotatable bonds is 4. The normalized spacial score (nSPS) is 15.6. The SMILES string of the molecule is N#Cc1c(N2CCN(C(=O)C(=O)NCCO)CC2)nc(-c2ccco2)c2c1CCC2. The van der Waals surface area contributed by atoms with E-state index in [1.54, 1.807) is 6.26 Å². The van der Waals surface area contributed by atoms with Crippen LogP contribution in [0.25, 0.3) is 11.5 Å². The van der Waals surface area contributed by atoms with Gasteiger partial charge >= 0.3 is 11.8 Å². The number of fused-ring (bicyclic) bond motifs is 1. The van der Waals surface area contributed by atoms with Crippen molar-refractivity contribution >= 4 is 17.6 Å². The van der Waals surface area contributed by atoms with Crippen LogP contribution in [0.1, 0.15) is 23.1 Å². The zero-order chi connectivity index (χ0) is 21.1. The Bertz CT molecular complexity index is 988. The highest BCUT2D eigenvalue weighted by Crippen LogP contribution is 2.37. The van der Waals surface area contributed by atoms with E-state index in [1.165, 1.54) is 4.90 Å². The highest BCUT2D eigenvalue weighted by atomic mass is 16.3. The lowest BCUT2D eigenvalue weighted by atomic mass is 10.0. The Morgan fingerprint density at radius 1 is 1.23 bits per heavy atom. The van der Waals surface area contributed by atoms with Gasteiger partial charge in [-0.15, -0.1) is 0 Å². The maximum Gasteiger partial charge on any atom is 0.312 e. The number of pyridine rings is 1. The molecule has 2 amide bonds. The van der Waals surface area contributed by atoms with Gasteiger partial charge in [-0.3, -0.25) is 9.59 Å². The van der Waals surface area contributed by atoms with Gasteiger partial charge in [0.1, 0.15) is 17.6 Å². The van der Waals surface area contributed by atoms with Crippen molar-refractivity contribution in [1.82, 2.24) is 15.2 Å². The predicted molar refractivity (Wildman–Crippen MR) is 108 cm³/mol. The molecule has 1 fully saturated rings. The van der Waals surface area contributed by atoms with Gasteiger partial charge in [-0.05, 0) is 42.5 Å². The van der Waals surface area contributed by atoms with Crippen molar-refractivity contribution in [2.45, 2.75) is 19.3 Å². The maximum atomic E-state index is 12.3. The molecule has 2 aromatic rings. The number of aromatic nitrogens is 1. The number of hydrogen-bond acceptors (Lipinski definition) is 7. The predicted octanol–water partition coefficient (Wildman–Crippen LogP) is 0.459. The van der Waals surface area contributed by atoms with Crippen LogP contribution in [0.2, 0.25) is 0 Å². The topological polar surface area (TPSA) is 123 Å². The molecule has 9 heteroatoms. The number of piperazine rings is 1. The van der Waals surface area contributed by atoms with Gasteiger partial charge in [-0.1, -0.05) is 0 Å². The monoisotopic (exact) mass is 409 g/mol. The number of furan rings is 1. The molecule has 3 heterocycles. The van der Waals surface area contributed by atoms with Crippen molar-refractivity contribution in [1.29, 1.82) is 5.26 Å². The van der Waals surface area contributed by atoms with Gasteiger partial charge in [-0.2, -0.15) is 5.26 Å². The minimum atomic E-state index is -0.717. The van der Waals surface area contributed by atoms with E-state index in [2.05, 4.69) is 11.4 Å². The lowest BCUT2D eigenvalue weighted by Crippen LogP contribution is -2.53. The summed E-state index contributed by atoms with van der Waals surface area (Å²) in [4.78, 5) is 32.4. The smallest absolute Gasteiger partial charge is 0.312 e. The minimum Gasteiger partial charge on any atom is -0.463 e. The maximum absolute atomic E-state index is 12.3. The molecule has 0 spiro atoms. The van der Waals surface area contributed by atoms with E-state index < -0.39 is 11.8 Å². The summed E-state index contributed by atoms with van der Waals surface area (Å²) in [6.45, 7) is 1.47. The number of nitriles is 1. The Kier molecular flexibility index (Phi) is 5.68. The summed E-state index contributed by atoms with van der Waals surface area (Å²) in [5.74, 6) is -0.0255. The van der Waals surface area contributed by atoms with Crippen LogP contribution in [0, 0.1) is 11.3 Å². The van der Waals surface area contributed by atoms with Crippen LogP contribution in [0.15, 0.2) is 22.8 Å². The Morgan fingerprint density at radius 2 is 2.00 bits per heavy atom. The van der Waals surface area contributed by atoms with Gasteiger partial charge in [0.2, 0.25) is 0 Å². The van der Waals surface area contributed by atoms with Crippen LogP contribution >= 0.6 is 0 Å². The molecule has 0 radical (unpaired) electrons. The van der Waals surface area contributed by atoms with E-state index in [1.807, 2.05) is 17.0 Å². The second kappa shape index (κ2) is 8.55. The summed E-state index contributed by atoms with van der Waals surface area (Å²) < 4.78 is 5.59. The average molecular weight is 409 g/mol. The van der Waals surface area contributed by atoms with Gasteiger partial charge in [0.25, 0.3) is 0 Å². The van der Waals surface area contributed by atoms with Crippen molar-refractivity contribution in [2.75, 3.05) is 44.2 Å². The average Bonchev–Trinajstić information content (AvgIpc) is 3.48. The number of carbonyl (C=O) groups is 2. The van der Waals surface area contributed by atoms with E-state index in [-0.39, 0.29) is 13.2 Å². The van der Waals surface area contributed by atoms with Crippen LogP contribution in [0.3, 0.4) is 0 Å². The highest BCUT2D eigenvalue weighted by molar-refractivity contribution is 6.35. The molecule has 0 unspecified atom stereocenters. The molecule has 2 aromatic heterocycles. The fraction of sp³-hybridized carbons (Fsp3) is 0.429. The largest absolute Gasteiger partial charge is 0.463 e. The van der Waals surface area contributed by atoms with E-state index in [0.29, 0.717) is 43.3 Å². The minimum absolute atomic E-state index is 0.0463. The summed E-state index contributed by atoms with van der Waals surface area (Å²) >= 11 is 0. The van der Waals surface area contributed by atoms with Crippen molar-refractivity contribution in [3.05, 3.63) is 35.1 Å². The molecule has 0 aromatic carbocycles. The number of nitrogens with one attached hydrogen (secondary N) is 1. The first-order valence-corrected chi connectivity index (χ1v) is 10.1. The highest BCUT2D eigenvalue weighted by Gasteiger charge is 2.31. The van der Waals surface area contributed by atoms with Crippen LogP contribution in [0.4, 0.5) is 5.82 Å². The van der Waals surface area contributed by atoms with Crippen molar-refractivity contribution in [2.24, 2.45) is 0 Å². The van der Waals surface area contributed by atoms with E-state index in [4.69, 9.17) is 14.5 Å². The number of nitrogens with zero attached hydrogens (tertiary/aromatic N) is 4. The van der Waals surface area contributed by atoms with Gasteiger partial charge in [0.05, 0.1) is 18.4 Å². The molecule has 9 nitrogen and oxygen atoms in total. The summed E-state index contributed by atoms with van der Waals surface area (Å²) in [6.07, 6.45) is 4.31. The number of amides is 2. The molecule has 4 rings (SSSR count). The molecule has 0 saturated carbocycles. The number of aliphatic hydroxyl groups excluding tert-OH is 1. The molecule has 2 aliphatic rings. The van der Waals surface area contributed by atoms with Crippen LogP contribution in [-0.4, -0.2) is 66.1 Å². The first kappa shape index (κ1) is 19.9. The zero-order valence-corrected chi connectivity index (χ0v) is 16.6. The first-order chi connectivity index (χ1) is 14.6. The second-order valence-corrected chi connectivity index (χ2v) is 7.32. The molecule has 30 heavy (non-hydrogen) atoms. The lowest BCUT2D eigenvalue weighted by molar-refractivity contribution is -0.146. The molecule has 1 aliphatic carbocycles. The summed E-state index contributed by atoms with van der Waals surface area (Å²) in [5.41, 5.74) is 3.50. The summed E-state index contributed by atoms with van der Waals surface area (Å²) in [6, 6.07) is 6.03. The van der Waals surface area contributed by atoms with Crippen LogP contribution in [0.5, 0.6) is 0 Å². The van der Waals surface area contributed by atoms with Crippen LogP contribution in [-0.2, 0) is 22.4 Å². The first-order valence-electron chi connectivity index (χ1n) is 10.1. The van der Waals surface area contributed by atoms with Gasteiger partial charge in [0.15, 0.2) is 5.76 Å². The summed E-state index contributed by atoms with van der Waals surface area (Å²) in [7, 11) is 0. The number of carbonyl (C=O) groups excluding carboxylic acids is 2. The lowest BCUT2D eigenvalue weighted by Gasteiger charge is -2.35. The van der Waals surface area contributed by atoms with Gasteiger partial charge in [-0.25, -0.2) is 4.98 Å². The Balaban J connectivity index is 1.57. The standard InChI is InChI=1S/C21H23N5O4/c22-13-16-14-3-1-4-15(14)18(17-5-2-12-30-17)24-19(16)25-7-9-26(10-8-25)21(29)20(28)23-6-11-27/h2,5,12,27H,1,3-4,6-11H2,(H,23,28). The zero-order valence-electron chi connectivity index (χ0n) is 16.6. The summed E-state index contributed by atoms with van der Waals surface area (Å²) in [5, 5.41) is 21.0. The molecule has 1 aliphatic heterocycles. The quantitative estimate of drug-likeness (QED) is 0.703. The van der Waals surface area contributed by atoms with Crippen molar-refractivity contribution < 1.29 is 19.1 Å². The van der Waals surface area contributed by atoms with Crippen molar-refractivity contribution in [3.8, 4) is 17.5 Å². The third-order valence-electron chi connectivity index (χ3n) is 5.57. The fourth-order valence-corrected chi connectivity index (χ4v) is 4.12. The Hall–Kier alpha value is -3.38. The molecule has 0 bridgehead atoms. The van der Waals surface area contributed by atoms with E-state index in [0.717, 1.165) is 36.1 Å². The van der Waals surface area contributed by atoms with Gasteiger partial charge in [0, 0.05) is 32.7 Å². The molecule has 0 atom stereocenters. The molecular formula is C21H23N5O4. The molecule has 2 N–H and O–H groups in total. The molecular weight excluding hydrogens is 386 g/mol. The third kappa shape index (κ3) is 3.62. The number of aliphatic hydroxyl groups is 1. The number of hydrogen-bond donors (Lipinski definition) is 2. The van der Waals surface area contributed by atoms with Gasteiger partial charge < -0.3 is 24.6 Å².